The van der Waals surface area contributed by atoms with E-state index in [1.54, 1.807) is 0 Å². The third-order valence-corrected chi connectivity index (χ3v) is 6.63. The third-order valence-electron chi connectivity index (χ3n) is 5.97. The fourth-order valence-electron chi connectivity index (χ4n) is 4.12. The Labute approximate surface area is 229 Å². The number of aliphatic hydroxyl groups excluding tert-OH is 1. The Hall–Kier alpha value is -3.24. The average Bonchev–Trinajstić information content (AvgIpc) is 3.28. The van der Waals surface area contributed by atoms with E-state index >= 15 is 0 Å². The summed E-state index contributed by atoms with van der Waals surface area (Å²) in [7, 11) is -1.65. The number of methoxy groups -OCH3 is 2. The maximum Gasteiger partial charge on any atom is 0.407 e. The van der Waals surface area contributed by atoms with Gasteiger partial charge in [0.25, 0.3) is 5.56 Å². The van der Waals surface area contributed by atoms with Gasteiger partial charge in [-0.15, -0.1) is 0 Å². The molecule has 0 bridgehead atoms. The number of nitrogens with zero attached hydrogens (tertiary/aromatic N) is 1. The summed E-state index contributed by atoms with van der Waals surface area (Å²) in [6.07, 6.45) is -2.70. The molecular formula is C22H36N5O12P. The molecule has 6 N–H and O–H groups in total. The second-order valence-corrected chi connectivity index (χ2v) is 10.8. The zero-order chi connectivity index (χ0) is 30.0. The summed E-state index contributed by atoms with van der Waals surface area (Å²) in [6, 6.07) is -2.08. The van der Waals surface area contributed by atoms with E-state index in [1.807, 2.05) is 6.92 Å². The van der Waals surface area contributed by atoms with Gasteiger partial charge < -0.3 is 44.7 Å². The highest BCUT2D eigenvalue weighted by atomic mass is 31.2. The van der Waals surface area contributed by atoms with Crippen molar-refractivity contribution in [1.29, 1.82) is 0 Å². The van der Waals surface area contributed by atoms with Gasteiger partial charge >= 0.3 is 25.5 Å². The molecule has 2 rings (SSSR count). The summed E-state index contributed by atoms with van der Waals surface area (Å²) >= 11 is 0. The fraction of sp³-hybridized carbons (Fsp3) is 0.682. The van der Waals surface area contributed by atoms with E-state index in [1.165, 1.54) is 6.20 Å². The average molecular weight is 594 g/mol. The predicted molar refractivity (Wildman–Crippen MR) is 138 cm³/mol. The van der Waals surface area contributed by atoms with Gasteiger partial charge in [-0.1, -0.05) is 13.3 Å². The summed E-state index contributed by atoms with van der Waals surface area (Å²) in [4.78, 5) is 73.2. The third kappa shape index (κ3) is 9.45. The first-order chi connectivity index (χ1) is 18.8. The van der Waals surface area contributed by atoms with Gasteiger partial charge in [0.05, 0.1) is 33.0 Å². The maximum atomic E-state index is 13.0. The number of alkyl carbamates (subject to hydrolysis) is 2. The van der Waals surface area contributed by atoms with Gasteiger partial charge in [0, 0.05) is 31.4 Å². The Balaban J connectivity index is 2.17. The zero-order valence-electron chi connectivity index (χ0n) is 22.6. The number of aliphatic hydroxyl groups is 1. The molecule has 2 heterocycles. The molecule has 1 aliphatic heterocycles. The lowest BCUT2D eigenvalue weighted by Gasteiger charge is -2.27. The highest BCUT2D eigenvalue weighted by molar-refractivity contribution is 7.51. The molecule has 0 spiro atoms. The van der Waals surface area contributed by atoms with Crippen molar-refractivity contribution >= 4 is 25.7 Å². The van der Waals surface area contributed by atoms with Crippen molar-refractivity contribution in [2.45, 2.75) is 63.1 Å². The highest BCUT2D eigenvalue weighted by Gasteiger charge is 2.40. The van der Waals surface area contributed by atoms with Crippen molar-refractivity contribution in [2.75, 3.05) is 34.0 Å². The minimum absolute atomic E-state index is 0.0496. The molecule has 1 aromatic rings. The van der Waals surface area contributed by atoms with Gasteiger partial charge in [-0.25, -0.2) is 14.4 Å². The maximum absolute atomic E-state index is 13.0. The van der Waals surface area contributed by atoms with E-state index in [9.17, 15) is 38.5 Å². The van der Waals surface area contributed by atoms with Crippen molar-refractivity contribution in [3.8, 4) is 0 Å². The molecule has 226 valence electrons. The first-order valence-corrected chi connectivity index (χ1v) is 14.4. The van der Waals surface area contributed by atoms with Gasteiger partial charge in [-0.05, 0) is 12.8 Å². The minimum atomic E-state index is -3.92. The number of H-pyrrole nitrogens is 1. The second-order valence-electron chi connectivity index (χ2n) is 9.00. The molecule has 18 heteroatoms. The van der Waals surface area contributed by atoms with Crippen molar-refractivity contribution in [1.82, 2.24) is 25.5 Å². The SMILES string of the molecule is CCCC(NC(=O)OC)C(NC(=O)OC)C(=O)NCCc1cn([C@@H]2C[C@H](OP(C)(=O)O)[C@H](CO)O2)c(=O)[nH]c1=O. The van der Waals surface area contributed by atoms with Crippen LogP contribution in [0, 0.1) is 0 Å². The van der Waals surface area contributed by atoms with Crippen LogP contribution in [0.1, 0.15) is 38.0 Å². The van der Waals surface area contributed by atoms with Crippen molar-refractivity contribution < 1.29 is 47.7 Å². The van der Waals surface area contributed by atoms with Crippen molar-refractivity contribution in [3.63, 3.8) is 0 Å². The highest BCUT2D eigenvalue weighted by Crippen LogP contribution is 2.43. The van der Waals surface area contributed by atoms with E-state index in [0.717, 1.165) is 25.5 Å². The van der Waals surface area contributed by atoms with Gasteiger partial charge in [-0.2, -0.15) is 0 Å². The van der Waals surface area contributed by atoms with Crippen LogP contribution < -0.4 is 27.2 Å². The molecule has 0 aliphatic carbocycles. The lowest BCUT2D eigenvalue weighted by molar-refractivity contribution is -0.123. The van der Waals surface area contributed by atoms with Gasteiger partial charge in [-0.3, -0.25) is 23.7 Å². The van der Waals surface area contributed by atoms with Crippen LogP contribution >= 0.6 is 7.60 Å². The second kappa shape index (κ2) is 14.9. The molecule has 40 heavy (non-hydrogen) atoms. The molecule has 1 saturated heterocycles. The Bertz CT molecular complexity index is 1200. The number of aromatic amines is 1. The minimum Gasteiger partial charge on any atom is -0.453 e. The van der Waals surface area contributed by atoms with Crippen LogP contribution in [0.2, 0.25) is 0 Å². The fourth-order valence-corrected chi connectivity index (χ4v) is 4.85. The topological polar surface area (TPSA) is 237 Å². The number of ether oxygens (including phenoxy) is 3. The number of hydrogen-bond acceptors (Lipinski definition) is 11. The van der Waals surface area contributed by atoms with Gasteiger partial charge in [0.2, 0.25) is 5.91 Å². The van der Waals surface area contributed by atoms with E-state index in [4.69, 9.17) is 9.26 Å². The number of carbonyl (C=O) groups excluding carboxylic acids is 3. The van der Waals surface area contributed by atoms with Crippen LogP contribution in [-0.2, 0) is 34.5 Å². The summed E-state index contributed by atoms with van der Waals surface area (Å²) in [5, 5.41) is 17.0. The molecular weight excluding hydrogens is 557 g/mol. The molecule has 1 aromatic heterocycles. The molecule has 17 nitrogen and oxygen atoms in total. The normalized spacial score (nSPS) is 21.5. The van der Waals surface area contributed by atoms with Gasteiger partial charge in [0.1, 0.15) is 18.4 Å². The van der Waals surface area contributed by atoms with Crippen LogP contribution in [0.5, 0.6) is 0 Å². The standard InChI is InChI=1S/C22H36N5O12P/c1-5-6-13(24-21(32)36-2)17(25-22(33)37-3)19(30)23-8-7-12-10-27(20(31)26-18(12)29)16-9-14(15(11-28)38-16)39-40(4,34)35/h10,13-17,28H,5-9,11H2,1-4H3,(H,23,30)(H,24,32)(H,25,33)(H,34,35)(H,26,29,31)/t13?,14-,15-,16-,17?/m0/s1. The number of nitrogens with one attached hydrogen (secondary N) is 4. The first-order valence-electron chi connectivity index (χ1n) is 12.4. The number of aromatic nitrogens is 2. The Morgan fingerprint density at radius 1 is 1.23 bits per heavy atom. The largest absolute Gasteiger partial charge is 0.453 e. The Morgan fingerprint density at radius 2 is 1.88 bits per heavy atom. The predicted octanol–water partition coefficient (Wildman–Crippen LogP) is -1.08. The van der Waals surface area contributed by atoms with Crippen molar-refractivity contribution in [2.24, 2.45) is 0 Å². The lowest BCUT2D eigenvalue weighted by Crippen LogP contribution is -2.58. The molecule has 3 amide bonds. The smallest absolute Gasteiger partial charge is 0.407 e. The van der Waals surface area contributed by atoms with Crippen LogP contribution in [0.3, 0.4) is 0 Å². The van der Waals surface area contributed by atoms with Crippen molar-refractivity contribution in [3.05, 3.63) is 32.6 Å². The summed E-state index contributed by atoms with van der Waals surface area (Å²) in [5.41, 5.74) is -1.44. The Morgan fingerprint density at radius 3 is 2.45 bits per heavy atom. The zero-order valence-corrected chi connectivity index (χ0v) is 23.5. The summed E-state index contributed by atoms with van der Waals surface area (Å²) in [5.74, 6) is -0.678. The summed E-state index contributed by atoms with van der Waals surface area (Å²) in [6.45, 7) is 2.16. The number of hydrogen-bond donors (Lipinski definition) is 6. The molecule has 1 fully saturated rings. The first kappa shape index (κ1) is 33.0. The van der Waals surface area contributed by atoms with Crippen LogP contribution in [0.4, 0.5) is 9.59 Å². The molecule has 0 aromatic carbocycles. The Kier molecular flexibility index (Phi) is 12.3. The van der Waals surface area contributed by atoms with Crippen LogP contribution in [-0.4, -0.2) is 96.0 Å². The lowest BCUT2D eigenvalue weighted by atomic mass is 10.0. The molecule has 0 radical (unpaired) electrons. The van der Waals surface area contributed by atoms with E-state index in [-0.39, 0.29) is 24.9 Å². The molecule has 1 aliphatic rings. The van der Waals surface area contributed by atoms with E-state index < -0.39 is 74.1 Å². The monoisotopic (exact) mass is 593 g/mol. The van der Waals surface area contributed by atoms with Crippen LogP contribution in [0.25, 0.3) is 0 Å². The summed E-state index contributed by atoms with van der Waals surface area (Å²) < 4.78 is 32.6. The molecule has 0 saturated carbocycles. The van der Waals surface area contributed by atoms with Crippen LogP contribution in [0.15, 0.2) is 15.8 Å². The van der Waals surface area contributed by atoms with Gasteiger partial charge in [0.15, 0.2) is 0 Å². The molecule has 6 atom stereocenters. The number of amides is 3. The number of carbonyl (C=O) groups is 3. The van der Waals surface area contributed by atoms with E-state index in [0.29, 0.717) is 12.8 Å². The van der Waals surface area contributed by atoms with E-state index in [2.05, 4.69) is 30.4 Å². The quantitative estimate of drug-likeness (QED) is 0.150. The number of rotatable bonds is 13. The molecule has 3 unspecified atom stereocenters.